The van der Waals surface area contributed by atoms with Gasteiger partial charge in [-0.15, -0.1) is 11.6 Å². The summed E-state index contributed by atoms with van der Waals surface area (Å²) in [5.41, 5.74) is 2.88. The smallest absolute Gasteiger partial charge is 0.223 e. The molecule has 1 aromatic rings. The second-order valence-electron chi connectivity index (χ2n) is 8.31. The van der Waals surface area contributed by atoms with E-state index in [1.54, 1.807) is 13.2 Å². The number of allylic oxidation sites excluding steroid dienone is 1. The first kappa shape index (κ1) is 26.0. The summed E-state index contributed by atoms with van der Waals surface area (Å²) < 4.78 is 17.5. The number of hydrogen-bond acceptors (Lipinski definition) is 6. The molecule has 3 atom stereocenters. The van der Waals surface area contributed by atoms with Gasteiger partial charge in [0, 0.05) is 25.2 Å². The fraction of sp³-hybridized carbons (Fsp3) is 0.462. The lowest BCUT2D eigenvalue weighted by Crippen LogP contribution is -2.31. The number of carbonyl (C=O) groups excluding carboxylic acids is 1. The number of aliphatic imine (C=N–C) groups is 1. The van der Waals surface area contributed by atoms with Crippen molar-refractivity contribution in [1.82, 2.24) is 4.90 Å². The third-order valence-corrected chi connectivity index (χ3v) is 6.12. The van der Waals surface area contributed by atoms with Crippen LogP contribution in [-0.4, -0.2) is 60.3 Å². The summed E-state index contributed by atoms with van der Waals surface area (Å²) in [7, 11) is 1.64. The number of aliphatic hydroxyl groups excluding tert-OH is 1. The molecule has 0 saturated carbocycles. The van der Waals surface area contributed by atoms with Crippen LogP contribution >= 0.6 is 11.6 Å². The molecule has 2 heterocycles. The molecule has 1 amide bonds. The number of unbranched alkanes of at least 4 members (excludes halogenated alkanes) is 2. The molecule has 0 radical (unpaired) electrons. The van der Waals surface area contributed by atoms with Gasteiger partial charge >= 0.3 is 0 Å². The number of carbonyl (C=O) groups is 1. The molecule has 0 aliphatic carbocycles. The van der Waals surface area contributed by atoms with Crippen molar-refractivity contribution in [2.45, 2.75) is 57.5 Å². The standard InChI is InChI=1S/C26H33ClN2O5/c1-4-5-6-7-19-8-10-20(11-9-19)22-12-21(26(28-3)34-22)15-29(17-31)25-13-23(24(16-30)33-25)32-18(2)14-27/h8-12,15,17,23-25,30H,2,4-7,13-14,16H2,1,3H3/b21-15-,28-26?. The highest BCUT2D eigenvalue weighted by Crippen LogP contribution is 2.30. The molecule has 1 N–H and O–H groups in total. The van der Waals surface area contributed by atoms with Gasteiger partial charge in [-0.3, -0.25) is 14.7 Å². The van der Waals surface area contributed by atoms with Gasteiger partial charge in [0.05, 0.1) is 18.1 Å². The zero-order valence-electron chi connectivity index (χ0n) is 19.8. The minimum absolute atomic E-state index is 0.141. The Balaban J connectivity index is 1.75. The summed E-state index contributed by atoms with van der Waals surface area (Å²) in [4.78, 5) is 17.5. The Hall–Kier alpha value is -2.61. The molecule has 7 nitrogen and oxygen atoms in total. The maximum absolute atomic E-state index is 11.9. The molecule has 0 bridgehead atoms. The molecule has 1 saturated heterocycles. The molecule has 184 valence electrons. The fourth-order valence-electron chi connectivity index (χ4n) is 3.98. The van der Waals surface area contributed by atoms with Crippen molar-refractivity contribution in [3.05, 3.63) is 65.6 Å². The Morgan fingerprint density at radius 1 is 1.35 bits per heavy atom. The van der Waals surface area contributed by atoms with Crippen LogP contribution in [0, 0.1) is 0 Å². The van der Waals surface area contributed by atoms with Gasteiger partial charge in [-0.25, -0.2) is 0 Å². The first-order valence-corrected chi connectivity index (χ1v) is 12.1. The van der Waals surface area contributed by atoms with Crippen molar-refractivity contribution in [3.63, 3.8) is 0 Å². The number of aryl methyl sites for hydroxylation is 1. The second kappa shape index (κ2) is 12.7. The number of aliphatic hydroxyl groups is 1. The van der Waals surface area contributed by atoms with E-state index < -0.39 is 18.4 Å². The zero-order chi connectivity index (χ0) is 24.5. The number of benzene rings is 1. The van der Waals surface area contributed by atoms with Crippen molar-refractivity contribution in [1.29, 1.82) is 0 Å². The highest BCUT2D eigenvalue weighted by atomic mass is 35.5. The summed E-state index contributed by atoms with van der Waals surface area (Å²) in [6, 6.07) is 8.32. The molecular weight excluding hydrogens is 456 g/mol. The number of hydrogen-bond donors (Lipinski definition) is 1. The third kappa shape index (κ3) is 6.50. The van der Waals surface area contributed by atoms with Crippen LogP contribution in [0.15, 0.2) is 59.4 Å². The van der Waals surface area contributed by atoms with Crippen LogP contribution < -0.4 is 0 Å². The van der Waals surface area contributed by atoms with Crippen molar-refractivity contribution >= 4 is 29.7 Å². The Morgan fingerprint density at radius 3 is 2.74 bits per heavy atom. The summed E-state index contributed by atoms with van der Waals surface area (Å²) in [6.07, 6.45) is 7.54. The number of ether oxygens (including phenoxy) is 3. The minimum Gasteiger partial charge on any atom is -0.491 e. The Kier molecular flexibility index (Phi) is 9.74. The van der Waals surface area contributed by atoms with Crippen molar-refractivity contribution < 1.29 is 24.1 Å². The second-order valence-corrected chi connectivity index (χ2v) is 8.57. The van der Waals surface area contributed by atoms with Gasteiger partial charge in [0.15, 0.2) is 0 Å². The van der Waals surface area contributed by atoms with Crippen LogP contribution in [0.25, 0.3) is 5.76 Å². The number of halogens is 1. The van der Waals surface area contributed by atoms with Crippen LogP contribution in [0.1, 0.15) is 43.7 Å². The molecule has 2 aliphatic heterocycles. The lowest BCUT2D eigenvalue weighted by molar-refractivity contribution is -0.128. The van der Waals surface area contributed by atoms with Crippen LogP contribution in [0.3, 0.4) is 0 Å². The van der Waals surface area contributed by atoms with Gasteiger partial charge in [-0.1, -0.05) is 50.6 Å². The van der Waals surface area contributed by atoms with E-state index in [4.69, 9.17) is 25.8 Å². The van der Waals surface area contributed by atoms with Crippen molar-refractivity contribution in [3.8, 4) is 0 Å². The predicted octanol–water partition coefficient (Wildman–Crippen LogP) is 4.41. The van der Waals surface area contributed by atoms with Gasteiger partial charge in [0.1, 0.15) is 30.0 Å². The Morgan fingerprint density at radius 2 is 2.12 bits per heavy atom. The van der Waals surface area contributed by atoms with Crippen molar-refractivity contribution in [2.24, 2.45) is 4.99 Å². The highest BCUT2D eigenvalue weighted by molar-refractivity contribution is 6.19. The van der Waals surface area contributed by atoms with E-state index in [-0.39, 0.29) is 12.5 Å². The molecular formula is C26H33ClN2O5. The Labute approximate surface area is 206 Å². The van der Waals surface area contributed by atoms with Crippen LogP contribution in [0.2, 0.25) is 0 Å². The predicted molar refractivity (Wildman–Crippen MR) is 133 cm³/mol. The fourth-order valence-corrected chi connectivity index (χ4v) is 4.04. The average molecular weight is 489 g/mol. The molecule has 2 aliphatic rings. The highest BCUT2D eigenvalue weighted by Gasteiger charge is 2.39. The van der Waals surface area contributed by atoms with Crippen molar-refractivity contribution in [2.75, 3.05) is 19.5 Å². The topological polar surface area (TPSA) is 80.6 Å². The molecule has 3 unspecified atom stereocenters. The van der Waals surface area contributed by atoms with Gasteiger partial charge < -0.3 is 19.3 Å². The van der Waals surface area contributed by atoms with E-state index in [1.165, 1.54) is 29.7 Å². The summed E-state index contributed by atoms with van der Waals surface area (Å²) in [5, 5.41) is 9.66. The van der Waals surface area contributed by atoms with E-state index in [1.807, 2.05) is 18.2 Å². The molecule has 3 rings (SSSR count). The van der Waals surface area contributed by atoms with E-state index in [2.05, 4.69) is 30.6 Å². The first-order chi connectivity index (χ1) is 16.5. The van der Waals surface area contributed by atoms with E-state index in [0.717, 1.165) is 12.0 Å². The maximum Gasteiger partial charge on any atom is 0.223 e. The number of nitrogens with zero attached hydrogens (tertiary/aromatic N) is 2. The normalized spacial score (nSPS) is 24.2. The monoisotopic (exact) mass is 488 g/mol. The van der Waals surface area contributed by atoms with E-state index >= 15 is 0 Å². The molecule has 1 aromatic carbocycles. The van der Waals surface area contributed by atoms with Gasteiger partial charge in [0.2, 0.25) is 12.3 Å². The molecule has 8 heteroatoms. The summed E-state index contributed by atoms with van der Waals surface area (Å²) >= 11 is 5.76. The lowest BCUT2D eigenvalue weighted by Gasteiger charge is -2.20. The zero-order valence-corrected chi connectivity index (χ0v) is 20.5. The molecule has 1 fully saturated rings. The largest absolute Gasteiger partial charge is 0.491 e. The maximum atomic E-state index is 11.9. The third-order valence-electron chi connectivity index (χ3n) is 5.82. The summed E-state index contributed by atoms with van der Waals surface area (Å²) in [5.74, 6) is 1.60. The average Bonchev–Trinajstić information content (AvgIpc) is 3.46. The van der Waals surface area contributed by atoms with Crippen LogP contribution in [0.5, 0.6) is 0 Å². The van der Waals surface area contributed by atoms with E-state index in [0.29, 0.717) is 35.8 Å². The summed E-state index contributed by atoms with van der Waals surface area (Å²) in [6.45, 7) is 5.69. The minimum atomic E-state index is -0.617. The Bertz CT molecular complexity index is 941. The van der Waals surface area contributed by atoms with E-state index in [9.17, 15) is 9.90 Å². The first-order valence-electron chi connectivity index (χ1n) is 11.6. The van der Waals surface area contributed by atoms with Gasteiger partial charge in [-0.05, 0) is 24.5 Å². The quantitative estimate of drug-likeness (QED) is 0.204. The SMILES string of the molecule is C=C(CCl)OC1CC(N(C=O)/C=C2/C=C(c3ccc(CCCCC)cc3)OC2=NC)OC1CO. The molecule has 0 aromatic heterocycles. The lowest BCUT2D eigenvalue weighted by atomic mass is 10.0. The molecule has 0 spiro atoms. The van der Waals surface area contributed by atoms with Crippen LogP contribution in [-0.2, 0) is 25.4 Å². The number of rotatable bonds is 12. The van der Waals surface area contributed by atoms with Gasteiger partial charge in [0.25, 0.3) is 0 Å². The number of amides is 1. The molecule has 34 heavy (non-hydrogen) atoms. The van der Waals surface area contributed by atoms with Crippen LogP contribution in [0.4, 0.5) is 0 Å². The number of alkyl halides is 1. The van der Waals surface area contributed by atoms with Gasteiger partial charge in [-0.2, -0.15) is 0 Å².